The van der Waals surface area contributed by atoms with Gasteiger partial charge >= 0.3 is 0 Å². The summed E-state index contributed by atoms with van der Waals surface area (Å²) in [6, 6.07) is 5.31. The molecule has 1 aliphatic heterocycles. The summed E-state index contributed by atoms with van der Waals surface area (Å²) in [4.78, 5) is 2.52. The molecule has 0 radical (unpaired) electrons. The highest BCUT2D eigenvalue weighted by atomic mass is 79.9. The average molecular weight is 361 g/mol. The molecule has 1 unspecified atom stereocenters. The first-order valence-electron chi connectivity index (χ1n) is 6.88. The van der Waals surface area contributed by atoms with Gasteiger partial charge < -0.3 is 10.6 Å². The number of nitrogens with zero attached hydrogens (tertiary/aromatic N) is 1. The van der Waals surface area contributed by atoms with Crippen molar-refractivity contribution in [3.63, 3.8) is 0 Å². The molecule has 0 aromatic heterocycles. The van der Waals surface area contributed by atoms with Crippen LogP contribution in [0.1, 0.15) is 25.7 Å². The summed E-state index contributed by atoms with van der Waals surface area (Å²) in [7, 11) is -1.23. The van der Waals surface area contributed by atoms with Crippen LogP contribution in [0.3, 0.4) is 0 Å². The van der Waals surface area contributed by atoms with Gasteiger partial charge in [-0.3, -0.25) is 0 Å². The van der Waals surface area contributed by atoms with Gasteiger partial charge in [-0.1, -0.05) is 22.4 Å². The first-order valence-corrected chi connectivity index (χ1v) is 9.33. The third-order valence-corrected chi connectivity index (χ3v) is 6.26. The highest BCUT2D eigenvalue weighted by Crippen LogP contribution is 2.26. The Kier molecular flexibility index (Phi) is 5.09. The zero-order valence-electron chi connectivity index (χ0n) is 11.7. The molecular formula is C14H21BrN2O2S. The number of rotatable bonds is 4. The van der Waals surface area contributed by atoms with Gasteiger partial charge in [0.1, 0.15) is 0 Å². The molecule has 112 valence electrons. The molecule has 1 aromatic rings. The number of anilines is 1. The number of hydrogen-bond donors (Lipinski definition) is 1. The van der Waals surface area contributed by atoms with Gasteiger partial charge in [0.25, 0.3) is 0 Å². The van der Waals surface area contributed by atoms with Crippen LogP contribution in [0.15, 0.2) is 27.6 Å². The highest BCUT2D eigenvalue weighted by molar-refractivity contribution is 9.10. The minimum atomic E-state index is -3.30. The molecule has 0 bridgehead atoms. The van der Waals surface area contributed by atoms with Gasteiger partial charge in [0.15, 0.2) is 9.84 Å². The van der Waals surface area contributed by atoms with E-state index in [0.717, 1.165) is 17.4 Å². The van der Waals surface area contributed by atoms with Gasteiger partial charge in [-0.25, -0.2) is 8.42 Å². The lowest BCUT2D eigenvalue weighted by Crippen LogP contribution is -2.37. The number of piperidine rings is 1. The third kappa shape index (κ3) is 3.74. The summed E-state index contributed by atoms with van der Waals surface area (Å²) < 4.78 is 25.6. The van der Waals surface area contributed by atoms with Gasteiger partial charge in [-0.2, -0.15) is 0 Å². The Morgan fingerprint density at radius 2 is 2.15 bits per heavy atom. The molecule has 4 nitrogen and oxygen atoms in total. The SMILES string of the molecule is CN1CCCCC1CCS(=O)(=O)c1ccc(Br)cc1N. The van der Waals surface area contributed by atoms with Crippen molar-refractivity contribution in [2.45, 2.75) is 36.6 Å². The van der Waals surface area contributed by atoms with Crippen molar-refractivity contribution in [2.75, 3.05) is 25.1 Å². The highest BCUT2D eigenvalue weighted by Gasteiger charge is 2.23. The minimum Gasteiger partial charge on any atom is -0.398 e. The third-order valence-electron chi connectivity index (χ3n) is 3.95. The Morgan fingerprint density at radius 3 is 2.80 bits per heavy atom. The van der Waals surface area contributed by atoms with Crippen LogP contribution in [0.2, 0.25) is 0 Å². The van der Waals surface area contributed by atoms with Crippen LogP contribution in [0, 0.1) is 0 Å². The number of sulfone groups is 1. The van der Waals surface area contributed by atoms with Gasteiger partial charge in [0.2, 0.25) is 0 Å². The van der Waals surface area contributed by atoms with E-state index < -0.39 is 9.84 Å². The fourth-order valence-electron chi connectivity index (χ4n) is 2.71. The molecule has 1 saturated heterocycles. The molecule has 2 N–H and O–H groups in total. The van der Waals surface area contributed by atoms with Crippen LogP contribution in [-0.4, -0.2) is 38.7 Å². The topological polar surface area (TPSA) is 63.4 Å². The van der Waals surface area contributed by atoms with E-state index in [2.05, 4.69) is 27.9 Å². The molecule has 1 aliphatic rings. The van der Waals surface area contributed by atoms with Crippen LogP contribution >= 0.6 is 15.9 Å². The van der Waals surface area contributed by atoms with E-state index in [1.54, 1.807) is 18.2 Å². The summed E-state index contributed by atoms with van der Waals surface area (Å²) in [6.07, 6.45) is 4.16. The van der Waals surface area contributed by atoms with E-state index in [0.29, 0.717) is 18.2 Å². The van der Waals surface area contributed by atoms with Crippen molar-refractivity contribution in [3.8, 4) is 0 Å². The van der Waals surface area contributed by atoms with Crippen LogP contribution in [0.5, 0.6) is 0 Å². The first-order chi connectivity index (χ1) is 9.40. The van der Waals surface area contributed by atoms with E-state index in [4.69, 9.17) is 5.73 Å². The molecular weight excluding hydrogens is 340 g/mol. The predicted molar refractivity (Wildman–Crippen MR) is 85.5 cm³/mol. The number of likely N-dealkylation sites (tertiary alicyclic amines) is 1. The summed E-state index contributed by atoms with van der Waals surface area (Å²) in [5, 5.41) is 0. The number of nitrogen functional groups attached to an aromatic ring is 1. The molecule has 0 aliphatic carbocycles. The lowest BCUT2D eigenvalue weighted by molar-refractivity contribution is 0.181. The summed E-state index contributed by atoms with van der Waals surface area (Å²) in [6.45, 7) is 1.06. The van der Waals surface area contributed by atoms with Crippen molar-refractivity contribution >= 4 is 31.5 Å². The second-order valence-electron chi connectivity index (χ2n) is 5.42. The Morgan fingerprint density at radius 1 is 1.40 bits per heavy atom. The van der Waals surface area contributed by atoms with E-state index in [1.807, 2.05) is 0 Å². The van der Waals surface area contributed by atoms with E-state index in [1.165, 1.54) is 12.8 Å². The first kappa shape index (κ1) is 15.8. The maximum atomic E-state index is 12.4. The van der Waals surface area contributed by atoms with Crippen molar-refractivity contribution in [2.24, 2.45) is 0 Å². The van der Waals surface area contributed by atoms with Gasteiger partial charge in [0, 0.05) is 10.5 Å². The lowest BCUT2D eigenvalue weighted by Gasteiger charge is -2.32. The van der Waals surface area contributed by atoms with Gasteiger partial charge in [0.05, 0.1) is 16.3 Å². The second kappa shape index (κ2) is 6.45. The number of halogens is 1. The normalized spacial score (nSPS) is 21.0. The maximum absolute atomic E-state index is 12.4. The molecule has 0 saturated carbocycles. The maximum Gasteiger partial charge on any atom is 0.180 e. The standard InChI is InChI=1S/C14H21BrN2O2S/c1-17-8-3-2-4-12(17)7-9-20(18,19)14-6-5-11(15)10-13(14)16/h5-6,10,12H,2-4,7-9,16H2,1H3. The van der Waals surface area contributed by atoms with E-state index in [-0.39, 0.29) is 10.6 Å². The molecule has 6 heteroatoms. The summed E-state index contributed by atoms with van der Waals surface area (Å²) in [5.74, 6) is 0.161. The van der Waals surface area contributed by atoms with Crippen LogP contribution in [-0.2, 0) is 9.84 Å². The Hall–Kier alpha value is -0.590. The van der Waals surface area contributed by atoms with E-state index >= 15 is 0 Å². The smallest absolute Gasteiger partial charge is 0.180 e. The molecule has 0 amide bonds. The summed E-state index contributed by atoms with van der Waals surface area (Å²) >= 11 is 3.29. The molecule has 1 atom stereocenters. The van der Waals surface area contributed by atoms with Crippen molar-refractivity contribution in [1.82, 2.24) is 4.90 Å². The minimum absolute atomic E-state index is 0.161. The van der Waals surface area contributed by atoms with Crippen LogP contribution < -0.4 is 5.73 Å². The van der Waals surface area contributed by atoms with Crippen molar-refractivity contribution in [1.29, 1.82) is 0 Å². The molecule has 1 aromatic carbocycles. The quantitative estimate of drug-likeness (QED) is 0.838. The zero-order chi connectivity index (χ0) is 14.8. The van der Waals surface area contributed by atoms with Gasteiger partial charge in [-0.15, -0.1) is 0 Å². The number of nitrogens with two attached hydrogens (primary N) is 1. The second-order valence-corrected chi connectivity index (χ2v) is 8.41. The van der Waals surface area contributed by atoms with Crippen molar-refractivity contribution < 1.29 is 8.42 Å². The fraction of sp³-hybridized carbons (Fsp3) is 0.571. The average Bonchev–Trinajstić information content (AvgIpc) is 2.37. The monoisotopic (exact) mass is 360 g/mol. The Bertz CT molecular complexity index is 575. The predicted octanol–water partition coefficient (Wildman–Crippen LogP) is 2.68. The number of hydrogen-bond acceptors (Lipinski definition) is 4. The van der Waals surface area contributed by atoms with E-state index in [9.17, 15) is 8.42 Å². The Labute approximate surface area is 129 Å². The number of benzene rings is 1. The summed E-state index contributed by atoms with van der Waals surface area (Å²) in [5.41, 5.74) is 6.14. The largest absolute Gasteiger partial charge is 0.398 e. The molecule has 0 spiro atoms. The lowest BCUT2D eigenvalue weighted by atomic mass is 10.0. The fourth-order valence-corrected chi connectivity index (χ4v) is 4.59. The van der Waals surface area contributed by atoms with Crippen LogP contribution in [0.25, 0.3) is 0 Å². The molecule has 1 heterocycles. The molecule has 2 rings (SSSR count). The molecule has 1 fully saturated rings. The molecule has 20 heavy (non-hydrogen) atoms. The van der Waals surface area contributed by atoms with Crippen LogP contribution in [0.4, 0.5) is 5.69 Å². The van der Waals surface area contributed by atoms with Gasteiger partial charge in [-0.05, 0) is 51.1 Å². The van der Waals surface area contributed by atoms with Crippen molar-refractivity contribution in [3.05, 3.63) is 22.7 Å². The zero-order valence-corrected chi connectivity index (χ0v) is 14.1. The Balaban J connectivity index is 2.07.